The molecule has 1 atom stereocenters. The highest BCUT2D eigenvalue weighted by molar-refractivity contribution is 5.61. The molecule has 0 saturated carbocycles. The van der Waals surface area contributed by atoms with Crippen molar-refractivity contribution in [3.8, 4) is 0 Å². The van der Waals surface area contributed by atoms with Crippen molar-refractivity contribution in [1.82, 2.24) is 0 Å². The van der Waals surface area contributed by atoms with Crippen molar-refractivity contribution < 1.29 is 22.4 Å². The van der Waals surface area contributed by atoms with Crippen molar-refractivity contribution in [2.75, 3.05) is 6.67 Å². The van der Waals surface area contributed by atoms with Gasteiger partial charge in [-0.25, -0.2) is 8.78 Å². The monoisotopic (exact) mass is 143 g/mol. The molecule has 0 rings (SSSR count). The Hall–Kier alpha value is -0.610. The predicted molar refractivity (Wildman–Crippen MR) is 21.5 cm³/mol. The Kier molecular flexibility index (Phi) is 2.61. The number of halogens is 4. The first-order valence-corrected chi connectivity index (χ1v) is 2.01. The van der Waals surface area contributed by atoms with E-state index in [1.807, 2.05) is 0 Å². The summed E-state index contributed by atoms with van der Waals surface area (Å²) in [5, 5.41) is 0. The van der Waals surface area contributed by atoms with E-state index in [2.05, 4.69) is 0 Å². The van der Waals surface area contributed by atoms with Gasteiger partial charge in [-0.15, -0.1) is 0 Å². The van der Waals surface area contributed by atoms with Crippen molar-refractivity contribution in [3.05, 3.63) is 0 Å². The van der Waals surface area contributed by atoms with Crippen molar-refractivity contribution in [1.29, 1.82) is 0 Å². The maximum Gasteiger partial charge on any atom is 0.346 e. The lowest BCUT2D eigenvalue weighted by Crippen LogP contribution is -2.32. The zero-order chi connectivity index (χ0) is 7.49. The van der Waals surface area contributed by atoms with Crippen LogP contribution in [-0.2, 0) is 4.79 Å². The summed E-state index contributed by atoms with van der Waals surface area (Å²) in [5.41, 5.74) is 0. The second-order valence-corrected chi connectivity index (χ2v) is 1.35. The third kappa shape index (κ3) is 1.99. The van der Waals surface area contributed by atoms with Gasteiger partial charge in [0.2, 0.25) is 0 Å². The van der Waals surface area contributed by atoms with E-state index in [4.69, 9.17) is 4.79 Å². The van der Waals surface area contributed by atoms with Gasteiger partial charge in [-0.05, 0) is 0 Å². The van der Waals surface area contributed by atoms with Crippen LogP contribution in [0.2, 0.25) is 0 Å². The van der Waals surface area contributed by atoms with E-state index in [9.17, 15) is 17.6 Å². The summed E-state index contributed by atoms with van der Waals surface area (Å²) in [6, 6.07) is 0. The highest BCUT2D eigenvalue weighted by Crippen LogP contribution is 2.18. The molecule has 0 fully saturated rings. The minimum atomic E-state index is -4.30. The minimum absolute atomic E-state index is 0.0937. The fourth-order valence-electron chi connectivity index (χ4n) is 0.161. The molecule has 53 valence electrons. The van der Waals surface area contributed by atoms with Gasteiger partial charge < -0.3 is 0 Å². The molecule has 1 nitrogen and oxygen atoms in total. The van der Waals surface area contributed by atoms with Crippen LogP contribution in [0.25, 0.3) is 0 Å². The van der Waals surface area contributed by atoms with Crippen LogP contribution in [0.3, 0.4) is 0 Å². The number of hydrogen-bond donors (Lipinski definition) is 0. The molecule has 0 spiro atoms. The summed E-state index contributed by atoms with van der Waals surface area (Å²) in [5.74, 6) is -4.30. The van der Waals surface area contributed by atoms with Gasteiger partial charge in [-0.1, -0.05) is 0 Å². The molecule has 0 aliphatic carbocycles. The largest absolute Gasteiger partial charge is 0.346 e. The van der Waals surface area contributed by atoms with Crippen LogP contribution < -0.4 is 0 Å². The predicted octanol–water partition coefficient (Wildman–Crippen LogP) is 1.04. The van der Waals surface area contributed by atoms with E-state index >= 15 is 0 Å². The maximum absolute atomic E-state index is 11.5. The van der Waals surface area contributed by atoms with Gasteiger partial charge in [0.25, 0.3) is 6.29 Å². The molecule has 0 saturated heterocycles. The molecule has 0 aromatic heterocycles. The molecule has 0 aromatic carbocycles. The van der Waals surface area contributed by atoms with Gasteiger partial charge in [0, 0.05) is 0 Å². The second-order valence-electron chi connectivity index (χ2n) is 1.35. The first-order valence-electron chi connectivity index (χ1n) is 2.01. The van der Waals surface area contributed by atoms with Crippen LogP contribution in [0.1, 0.15) is 0 Å². The Balaban J connectivity index is 3.95. The summed E-state index contributed by atoms with van der Waals surface area (Å²) >= 11 is 0. The zero-order valence-corrected chi connectivity index (χ0v) is 4.20. The maximum atomic E-state index is 11.5. The smallest absolute Gasteiger partial charge is 0.284 e. The molecule has 0 N–H and O–H groups in total. The third-order valence-corrected chi connectivity index (χ3v) is 0.665. The van der Waals surface area contributed by atoms with Gasteiger partial charge in [0.1, 0.15) is 6.67 Å². The SMILES string of the molecule is O=[C]C(F)(F)C(F)CF. The summed E-state index contributed by atoms with van der Waals surface area (Å²) in [7, 11) is 0. The Morgan fingerprint density at radius 1 is 1.56 bits per heavy atom. The number of rotatable bonds is 3. The lowest BCUT2D eigenvalue weighted by Gasteiger charge is -2.08. The van der Waals surface area contributed by atoms with E-state index in [-0.39, 0.29) is 6.29 Å². The van der Waals surface area contributed by atoms with E-state index < -0.39 is 18.8 Å². The average molecular weight is 143 g/mol. The molecule has 9 heavy (non-hydrogen) atoms. The summed E-state index contributed by atoms with van der Waals surface area (Å²) < 4.78 is 45.6. The molecule has 0 bridgehead atoms. The van der Waals surface area contributed by atoms with Gasteiger partial charge in [0.15, 0.2) is 6.17 Å². The van der Waals surface area contributed by atoms with Gasteiger partial charge in [-0.3, -0.25) is 4.79 Å². The fraction of sp³-hybridized carbons (Fsp3) is 0.750. The molecule has 0 aliphatic rings. The van der Waals surface area contributed by atoms with Gasteiger partial charge in [-0.2, -0.15) is 8.78 Å². The standard InChI is InChI=1S/C4H3F4O/c5-1-3(6)4(7,8)2-9/h3H,1H2. The Morgan fingerprint density at radius 2 is 2.00 bits per heavy atom. The Morgan fingerprint density at radius 3 is 2.11 bits per heavy atom. The fourth-order valence-corrected chi connectivity index (χ4v) is 0.161. The highest BCUT2D eigenvalue weighted by atomic mass is 19.3. The molecule has 0 aromatic rings. The topological polar surface area (TPSA) is 17.1 Å². The van der Waals surface area contributed by atoms with Crippen molar-refractivity contribution in [3.63, 3.8) is 0 Å². The molecule has 0 heterocycles. The van der Waals surface area contributed by atoms with E-state index in [1.165, 1.54) is 0 Å². The molecular weight excluding hydrogens is 140 g/mol. The average Bonchev–Trinajstić information content (AvgIpc) is 1.86. The molecule has 1 radical (unpaired) electrons. The highest BCUT2D eigenvalue weighted by Gasteiger charge is 2.41. The summed E-state index contributed by atoms with van der Waals surface area (Å²) in [6.07, 6.45) is -2.97. The quantitative estimate of drug-likeness (QED) is 0.539. The second kappa shape index (κ2) is 2.80. The zero-order valence-electron chi connectivity index (χ0n) is 4.20. The lowest BCUT2D eigenvalue weighted by molar-refractivity contribution is -0.0197. The number of hydrogen-bond acceptors (Lipinski definition) is 1. The van der Waals surface area contributed by atoms with Crippen LogP contribution in [0.5, 0.6) is 0 Å². The van der Waals surface area contributed by atoms with Crippen molar-refractivity contribution in [2.24, 2.45) is 0 Å². The van der Waals surface area contributed by atoms with Crippen LogP contribution in [0.4, 0.5) is 17.6 Å². The van der Waals surface area contributed by atoms with E-state index in [1.54, 1.807) is 0 Å². The van der Waals surface area contributed by atoms with E-state index in [0.29, 0.717) is 0 Å². The minimum Gasteiger partial charge on any atom is -0.284 e. The molecule has 5 heteroatoms. The number of alkyl halides is 4. The number of carbonyl (C=O) groups excluding carboxylic acids is 1. The molecule has 0 amide bonds. The normalized spacial score (nSPS) is 15.1. The van der Waals surface area contributed by atoms with Crippen LogP contribution in [0, 0.1) is 0 Å². The van der Waals surface area contributed by atoms with Gasteiger partial charge in [0.05, 0.1) is 0 Å². The lowest BCUT2D eigenvalue weighted by atomic mass is 10.2. The summed E-state index contributed by atoms with van der Waals surface area (Å²) in [6.45, 7) is -1.87. The first-order chi connectivity index (χ1) is 4.04. The molecule has 1 unspecified atom stereocenters. The van der Waals surface area contributed by atoms with Crippen LogP contribution in [-0.4, -0.2) is 25.1 Å². The summed E-state index contributed by atoms with van der Waals surface area (Å²) in [4.78, 5) is 9.15. The van der Waals surface area contributed by atoms with Crippen molar-refractivity contribution in [2.45, 2.75) is 12.1 Å². The third-order valence-electron chi connectivity index (χ3n) is 0.665. The van der Waals surface area contributed by atoms with Crippen LogP contribution in [0.15, 0.2) is 0 Å². The Labute approximate surface area is 48.7 Å². The molecule has 0 aliphatic heterocycles. The molecular formula is C4H3F4O. The van der Waals surface area contributed by atoms with Crippen molar-refractivity contribution >= 4 is 6.29 Å². The first kappa shape index (κ1) is 8.39. The van der Waals surface area contributed by atoms with Gasteiger partial charge >= 0.3 is 5.92 Å². The van der Waals surface area contributed by atoms with E-state index in [0.717, 1.165) is 0 Å². The Bertz CT molecular complexity index is 103. The van der Waals surface area contributed by atoms with Crippen LogP contribution >= 0.6 is 0 Å².